The lowest BCUT2D eigenvalue weighted by Gasteiger charge is -2.17. The fourth-order valence-electron chi connectivity index (χ4n) is 1.60. The van der Waals surface area contributed by atoms with E-state index in [-0.39, 0.29) is 11.8 Å². The van der Waals surface area contributed by atoms with E-state index < -0.39 is 11.9 Å². The van der Waals surface area contributed by atoms with E-state index >= 15 is 0 Å². The Kier molecular flexibility index (Phi) is 5.36. The van der Waals surface area contributed by atoms with E-state index in [9.17, 15) is 9.59 Å². The van der Waals surface area contributed by atoms with Gasteiger partial charge in [0, 0.05) is 12.3 Å². The number of nitrogens with one attached hydrogen (secondary N) is 1. The van der Waals surface area contributed by atoms with Crippen molar-refractivity contribution < 1.29 is 14.3 Å². The first-order valence-electron chi connectivity index (χ1n) is 6.16. The molecule has 1 rings (SSSR count). The second kappa shape index (κ2) is 6.78. The molecule has 5 nitrogen and oxygen atoms in total. The Hall–Kier alpha value is -2.04. The summed E-state index contributed by atoms with van der Waals surface area (Å²) in [5.74, 6) is -0.216. The molecule has 1 atom stereocenters. The Balaban J connectivity index is 2.78. The third kappa shape index (κ3) is 4.62. The number of primary amides is 1. The van der Waals surface area contributed by atoms with Crippen LogP contribution in [0, 0.1) is 5.92 Å². The zero-order valence-corrected chi connectivity index (χ0v) is 11.5. The van der Waals surface area contributed by atoms with Gasteiger partial charge in [-0.1, -0.05) is 26.0 Å². The number of hydrogen-bond donors (Lipinski definition) is 2. The number of carbonyl (C=O) groups is 2. The average Bonchev–Trinajstić information content (AvgIpc) is 2.37. The minimum atomic E-state index is -0.706. The molecule has 0 saturated carbocycles. The number of ether oxygens (including phenoxy) is 1. The molecule has 0 spiro atoms. The third-order valence-electron chi connectivity index (χ3n) is 2.76. The Bertz CT molecular complexity index is 458. The first-order valence-corrected chi connectivity index (χ1v) is 6.16. The monoisotopic (exact) mass is 264 g/mol. The Labute approximate surface area is 113 Å². The van der Waals surface area contributed by atoms with Crippen LogP contribution in [0.1, 0.15) is 19.4 Å². The second-order valence-electron chi connectivity index (χ2n) is 4.67. The summed E-state index contributed by atoms with van der Waals surface area (Å²) < 4.78 is 5.11. The number of amides is 2. The van der Waals surface area contributed by atoms with Crippen molar-refractivity contribution in [2.75, 3.05) is 7.11 Å². The number of nitrogens with two attached hydrogens (primary N) is 1. The Morgan fingerprint density at radius 1 is 1.37 bits per heavy atom. The van der Waals surface area contributed by atoms with Crippen molar-refractivity contribution in [2.24, 2.45) is 11.7 Å². The van der Waals surface area contributed by atoms with Gasteiger partial charge < -0.3 is 15.8 Å². The molecule has 3 N–H and O–H groups in total. The van der Waals surface area contributed by atoms with Gasteiger partial charge in [-0.25, -0.2) is 0 Å². The molecule has 0 heterocycles. The summed E-state index contributed by atoms with van der Waals surface area (Å²) in [4.78, 5) is 23.0. The van der Waals surface area contributed by atoms with Gasteiger partial charge >= 0.3 is 0 Å². The van der Waals surface area contributed by atoms with Crippen LogP contribution >= 0.6 is 0 Å². The van der Waals surface area contributed by atoms with Gasteiger partial charge in [0.25, 0.3) is 0 Å². The molecule has 0 aliphatic heterocycles. The minimum Gasteiger partial charge on any atom is -0.497 e. The number of methoxy groups -OCH3 is 1. The molecule has 0 unspecified atom stereocenters. The van der Waals surface area contributed by atoms with Crippen molar-refractivity contribution in [3.63, 3.8) is 0 Å². The summed E-state index contributed by atoms with van der Waals surface area (Å²) in [6.07, 6.45) is 0.352. The first kappa shape index (κ1) is 15.0. The topological polar surface area (TPSA) is 81.4 Å². The molecule has 0 fully saturated rings. The van der Waals surface area contributed by atoms with Crippen LogP contribution in [0.25, 0.3) is 0 Å². The van der Waals surface area contributed by atoms with Crippen molar-refractivity contribution >= 4 is 11.8 Å². The highest BCUT2D eigenvalue weighted by Gasteiger charge is 2.20. The van der Waals surface area contributed by atoms with E-state index in [0.29, 0.717) is 12.2 Å². The molecule has 0 bridgehead atoms. The van der Waals surface area contributed by atoms with Crippen LogP contribution in [0.5, 0.6) is 5.75 Å². The Morgan fingerprint density at radius 3 is 2.58 bits per heavy atom. The minimum absolute atomic E-state index is 0.188. The van der Waals surface area contributed by atoms with Crippen LogP contribution in [0.3, 0.4) is 0 Å². The summed E-state index contributed by atoms with van der Waals surface area (Å²) in [5, 5.41) is 2.65. The smallest absolute Gasteiger partial charge is 0.240 e. The molecule has 0 saturated heterocycles. The van der Waals surface area contributed by atoms with Crippen LogP contribution < -0.4 is 15.8 Å². The lowest BCUT2D eigenvalue weighted by molar-refractivity contribution is -0.129. The van der Waals surface area contributed by atoms with E-state index in [4.69, 9.17) is 10.5 Å². The van der Waals surface area contributed by atoms with Gasteiger partial charge in [-0.3, -0.25) is 9.59 Å². The second-order valence-corrected chi connectivity index (χ2v) is 4.67. The van der Waals surface area contributed by atoms with Gasteiger partial charge in [0.1, 0.15) is 11.8 Å². The predicted molar refractivity (Wildman–Crippen MR) is 72.7 cm³/mol. The Morgan fingerprint density at radius 2 is 2.05 bits per heavy atom. The van der Waals surface area contributed by atoms with Crippen molar-refractivity contribution in [1.29, 1.82) is 0 Å². The maximum atomic E-state index is 11.6. The SMILES string of the molecule is COc1cccc(C[C@@H](NC(=O)C(C)C)C(N)=O)c1. The number of hydrogen-bond acceptors (Lipinski definition) is 3. The van der Waals surface area contributed by atoms with Crippen molar-refractivity contribution in [3.8, 4) is 5.75 Å². The normalized spacial score (nSPS) is 12.0. The van der Waals surface area contributed by atoms with Gasteiger partial charge in [-0.05, 0) is 17.7 Å². The standard InChI is InChI=1S/C14H20N2O3/c1-9(2)14(18)16-12(13(15)17)8-10-5-4-6-11(7-10)19-3/h4-7,9,12H,8H2,1-3H3,(H2,15,17)(H,16,18)/t12-/m1/s1. The zero-order chi connectivity index (χ0) is 14.4. The van der Waals surface area contributed by atoms with Crippen LogP contribution in [0.4, 0.5) is 0 Å². The molecule has 104 valence electrons. The highest BCUT2D eigenvalue weighted by atomic mass is 16.5. The maximum Gasteiger partial charge on any atom is 0.240 e. The van der Waals surface area contributed by atoms with Crippen LogP contribution in [-0.2, 0) is 16.0 Å². The molecular formula is C14H20N2O3. The zero-order valence-electron chi connectivity index (χ0n) is 11.5. The summed E-state index contributed by atoms with van der Waals surface area (Å²) in [6.45, 7) is 3.53. The average molecular weight is 264 g/mol. The summed E-state index contributed by atoms with van der Waals surface area (Å²) in [7, 11) is 1.57. The molecule has 0 aliphatic rings. The van der Waals surface area contributed by atoms with Gasteiger partial charge in [0.2, 0.25) is 11.8 Å². The van der Waals surface area contributed by atoms with E-state index in [1.54, 1.807) is 21.0 Å². The predicted octanol–water partition coefficient (Wildman–Crippen LogP) is 0.864. The number of carbonyl (C=O) groups excluding carboxylic acids is 2. The molecule has 19 heavy (non-hydrogen) atoms. The number of benzene rings is 1. The fraction of sp³-hybridized carbons (Fsp3) is 0.429. The third-order valence-corrected chi connectivity index (χ3v) is 2.76. The molecule has 1 aromatic carbocycles. The molecule has 0 aromatic heterocycles. The summed E-state index contributed by atoms with van der Waals surface area (Å²) in [6, 6.07) is 6.62. The lowest BCUT2D eigenvalue weighted by Crippen LogP contribution is -2.47. The van der Waals surface area contributed by atoms with Crippen molar-refractivity contribution in [1.82, 2.24) is 5.32 Å². The largest absolute Gasteiger partial charge is 0.497 e. The first-order chi connectivity index (χ1) is 8.93. The quantitative estimate of drug-likeness (QED) is 0.799. The maximum absolute atomic E-state index is 11.6. The van der Waals surface area contributed by atoms with Crippen LogP contribution in [0.15, 0.2) is 24.3 Å². The van der Waals surface area contributed by atoms with Gasteiger partial charge in [0.05, 0.1) is 7.11 Å². The molecule has 2 amide bonds. The molecule has 1 aromatic rings. The number of rotatable bonds is 6. The van der Waals surface area contributed by atoms with E-state index in [2.05, 4.69) is 5.32 Å². The summed E-state index contributed by atoms with van der Waals surface area (Å²) >= 11 is 0. The molecule has 0 aliphatic carbocycles. The van der Waals surface area contributed by atoms with E-state index in [1.807, 2.05) is 24.3 Å². The molecule has 5 heteroatoms. The van der Waals surface area contributed by atoms with Gasteiger partial charge in [-0.15, -0.1) is 0 Å². The van der Waals surface area contributed by atoms with Crippen LogP contribution in [-0.4, -0.2) is 25.0 Å². The molecule has 0 radical (unpaired) electrons. The van der Waals surface area contributed by atoms with Crippen LogP contribution in [0.2, 0.25) is 0 Å². The van der Waals surface area contributed by atoms with Crippen molar-refractivity contribution in [3.05, 3.63) is 29.8 Å². The lowest BCUT2D eigenvalue weighted by atomic mass is 10.0. The fourth-order valence-corrected chi connectivity index (χ4v) is 1.60. The van der Waals surface area contributed by atoms with Gasteiger partial charge in [-0.2, -0.15) is 0 Å². The highest BCUT2D eigenvalue weighted by molar-refractivity contribution is 5.87. The van der Waals surface area contributed by atoms with E-state index in [0.717, 1.165) is 5.56 Å². The molecular weight excluding hydrogens is 244 g/mol. The van der Waals surface area contributed by atoms with Crippen molar-refractivity contribution in [2.45, 2.75) is 26.3 Å². The van der Waals surface area contributed by atoms with Gasteiger partial charge in [0.15, 0.2) is 0 Å². The van der Waals surface area contributed by atoms with E-state index in [1.165, 1.54) is 0 Å². The highest BCUT2D eigenvalue weighted by Crippen LogP contribution is 2.14. The summed E-state index contributed by atoms with van der Waals surface area (Å²) in [5.41, 5.74) is 6.20.